The fraction of sp³-hybridized carbons (Fsp3) is 0.389. The molecule has 2 amide bonds. The van der Waals surface area contributed by atoms with Crippen LogP contribution in [-0.2, 0) is 0 Å². The van der Waals surface area contributed by atoms with Gasteiger partial charge >= 0.3 is 0 Å². The van der Waals surface area contributed by atoms with E-state index in [0.29, 0.717) is 43.9 Å². The molecule has 1 fully saturated rings. The molecule has 3 heterocycles. The molecule has 2 aromatic rings. The molecule has 1 aliphatic rings. The number of hydrogen-bond acceptors (Lipinski definition) is 4. The Morgan fingerprint density at radius 2 is 1.76 bits per heavy atom. The second-order valence-electron chi connectivity index (χ2n) is 6.25. The Morgan fingerprint density at radius 1 is 1.08 bits per heavy atom. The molecule has 0 aromatic carbocycles. The third-order valence-electron chi connectivity index (χ3n) is 4.38. The number of amides is 2. The first-order valence-corrected chi connectivity index (χ1v) is 8.30. The van der Waals surface area contributed by atoms with Gasteiger partial charge in [0.2, 0.25) is 0 Å². The van der Waals surface area contributed by atoms with Crippen molar-refractivity contribution >= 4 is 11.8 Å². The van der Waals surface area contributed by atoms with Gasteiger partial charge in [0, 0.05) is 31.9 Å². The van der Waals surface area contributed by atoms with Gasteiger partial charge in [-0.3, -0.25) is 14.4 Å². The van der Waals surface area contributed by atoms with Crippen molar-refractivity contribution in [2.45, 2.75) is 20.3 Å². The van der Waals surface area contributed by atoms with Crippen molar-refractivity contribution in [2.24, 2.45) is 0 Å². The van der Waals surface area contributed by atoms with Crippen molar-refractivity contribution in [1.82, 2.24) is 14.8 Å². The van der Waals surface area contributed by atoms with Gasteiger partial charge in [-0.2, -0.15) is 0 Å². The summed E-state index contributed by atoms with van der Waals surface area (Å²) >= 11 is 0. The summed E-state index contributed by atoms with van der Waals surface area (Å²) in [6.07, 6.45) is 2.12. The normalized spacial score (nSPS) is 15.1. The number of carbonyl (C=O) groups excluding carboxylic acids is 2. The van der Waals surface area contributed by atoms with Crippen LogP contribution in [0.5, 0.6) is 0 Å². The zero-order valence-electron chi connectivity index (χ0n) is 14.4. The zero-order valence-corrected chi connectivity index (χ0v) is 14.4. The Hall–Kier alpha value is -2.83. The zero-order chi connectivity index (χ0) is 18.0. The van der Waals surface area contributed by atoms with Crippen molar-refractivity contribution in [3.63, 3.8) is 0 Å². The fourth-order valence-corrected chi connectivity index (χ4v) is 3.16. The van der Waals surface area contributed by atoms with Crippen LogP contribution in [0.15, 0.2) is 33.7 Å². The molecule has 0 radical (unpaired) electrons. The number of aryl methyl sites for hydroxylation is 2. The molecule has 7 heteroatoms. The van der Waals surface area contributed by atoms with E-state index in [4.69, 9.17) is 4.42 Å². The van der Waals surface area contributed by atoms with Crippen LogP contribution < -0.4 is 5.56 Å². The van der Waals surface area contributed by atoms with E-state index in [2.05, 4.69) is 4.98 Å². The largest absolute Gasteiger partial charge is 0.459 e. The number of carbonyl (C=O) groups is 2. The minimum absolute atomic E-state index is 0.177. The Kier molecular flexibility index (Phi) is 4.74. The van der Waals surface area contributed by atoms with Gasteiger partial charge in [0.15, 0.2) is 5.76 Å². The highest BCUT2D eigenvalue weighted by molar-refractivity contribution is 5.95. The Labute approximate surface area is 145 Å². The smallest absolute Gasteiger partial charge is 0.289 e. The SMILES string of the molecule is Cc1cc(C)c(C(=O)N2CCCN(C(=O)c3ccco3)CC2)c(=O)[nH]1. The van der Waals surface area contributed by atoms with Crippen LogP contribution in [0, 0.1) is 13.8 Å². The molecule has 1 aliphatic heterocycles. The number of H-pyrrole nitrogens is 1. The summed E-state index contributed by atoms with van der Waals surface area (Å²) in [6.45, 7) is 5.40. The van der Waals surface area contributed by atoms with Crippen LogP contribution >= 0.6 is 0 Å². The van der Waals surface area contributed by atoms with Gasteiger partial charge in [0.05, 0.1) is 6.26 Å². The second-order valence-corrected chi connectivity index (χ2v) is 6.25. The molecule has 0 atom stereocenters. The van der Waals surface area contributed by atoms with Crippen molar-refractivity contribution in [3.05, 3.63) is 57.4 Å². The molecule has 0 spiro atoms. The molecule has 2 aromatic heterocycles. The molecular formula is C18H21N3O4. The lowest BCUT2D eigenvalue weighted by Gasteiger charge is -2.22. The number of furan rings is 1. The van der Waals surface area contributed by atoms with Crippen LogP contribution in [0.1, 0.15) is 38.6 Å². The molecule has 132 valence electrons. The highest BCUT2D eigenvalue weighted by Gasteiger charge is 2.26. The molecule has 25 heavy (non-hydrogen) atoms. The van der Waals surface area contributed by atoms with Crippen LogP contribution in [-0.4, -0.2) is 52.8 Å². The maximum absolute atomic E-state index is 12.8. The fourth-order valence-electron chi connectivity index (χ4n) is 3.16. The predicted molar refractivity (Wildman–Crippen MR) is 91.7 cm³/mol. The van der Waals surface area contributed by atoms with E-state index >= 15 is 0 Å². The third kappa shape index (κ3) is 3.50. The van der Waals surface area contributed by atoms with Crippen LogP contribution in [0.25, 0.3) is 0 Å². The average molecular weight is 343 g/mol. The number of hydrogen-bond donors (Lipinski definition) is 1. The highest BCUT2D eigenvalue weighted by atomic mass is 16.3. The van der Waals surface area contributed by atoms with Crippen molar-refractivity contribution in [1.29, 1.82) is 0 Å². The quantitative estimate of drug-likeness (QED) is 0.897. The standard InChI is InChI=1S/C18H21N3O4/c1-12-11-13(2)19-16(22)15(12)18(24)21-7-4-6-20(8-9-21)17(23)14-5-3-10-25-14/h3,5,10-11H,4,6-9H2,1-2H3,(H,19,22). The first-order chi connectivity index (χ1) is 12.0. The van der Waals surface area contributed by atoms with Crippen molar-refractivity contribution < 1.29 is 14.0 Å². The van der Waals surface area contributed by atoms with Gasteiger partial charge in [-0.15, -0.1) is 0 Å². The second kappa shape index (κ2) is 6.96. The molecule has 0 bridgehead atoms. The molecule has 0 saturated carbocycles. The average Bonchev–Trinajstić information content (AvgIpc) is 2.97. The van der Waals surface area contributed by atoms with Crippen LogP contribution in [0.2, 0.25) is 0 Å². The third-order valence-corrected chi connectivity index (χ3v) is 4.38. The van der Waals surface area contributed by atoms with E-state index in [-0.39, 0.29) is 22.9 Å². The summed E-state index contributed by atoms with van der Waals surface area (Å²) in [7, 11) is 0. The van der Waals surface area contributed by atoms with E-state index in [0.717, 1.165) is 5.69 Å². The van der Waals surface area contributed by atoms with Gasteiger partial charge in [0.25, 0.3) is 17.4 Å². The van der Waals surface area contributed by atoms with Crippen LogP contribution in [0.4, 0.5) is 0 Å². The summed E-state index contributed by atoms with van der Waals surface area (Å²) in [6, 6.07) is 5.10. The predicted octanol–water partition coefficient (Wildman–Crippen LogP) is 1.57. The van der Waals surface area contributed by atoms with E-state index in [1.165, 1.54) is 6.26 Å². The number of pyridine rings is 1. The van der Waals surface area contributed by atoms with Gasteiger partial charge in [-0.25, -0.2) is 0 Å². The summed E-state index contributed by atoms with van der Waals surface area (Å²) in [5.41, 5.74) is 1.20. The van der Waals surface area contributed by atoms with Crippen molar-refractivity contribution in [3.8, 4) is 0 Å². The topological polar surface area (TPSA) is 86.6 Å². The van der Waals surface area contributed by atoms with Gasteiger partial charge in [-0.05, 0) is 44.0 Å². The maximum atomic E-state index is 12.8. The monoisotopic (exact) mass is 343 g/mol. The molecule has 0 unspecified atom stereocenters. The molecular weight excluding hydrogens is 322 g/mol. The number of aromatic amines is 1. The minimum atomic E-state index is -0.365. The number of nitrogens with zero attached hydrogens (tertiary/aromatic N) is 2. The first-order valence-electron chi connectivity index (χ1n) is 8.30. The Balaban J connectivity index is 1.74. The molecule has 3 rings (SSSR count). The lowest BCUT2D eigenvalue weighted by Crippen LogP contribution is -2.39. The van der Waals surface area contributed by atoms with E-state index in [9.17, 15) is 14.4 Å². The summed E-state index contributed by atoms with van der Waals surface area (Å²) in [5.74, 6) is -0.166. The molecule has 0 aliphatic carbocycles. The van der Waals surface area contributed by atoms with Gasteiger partial charge < -0.3 is 19.2 Å². The molecule has 7 nitrogen and oxygen atoms in total. The maximum Gasteiger partial charge on any atom is 0.289 e. The Bertz CT molecular complexity index is 839. The minimum Gasteiger partial charge on any atom is -0.459 e. The lowest BCUT2D eigenvalue weighted by atomic mass is 10.1. The van der Waals surface area contributed by atoms with E-state index in [1.807, 2.05) is 0 Å². The summed E-state index contributed by atoms with van der Waals surface area (Å²) < 4.78 is 5.16. The van der Waals surface area contributed by atoms with Gasteiger partial charge in [0.1, 0.15) is 5.56 Å². The molecule has 1 saturated heterocycles. The summed E-state index contributed by atoms with van der Waals surface area (Å²) in [5, 5.41) is 0. The molecule has 1 N–H and O–H groups in total. The van der Waals surface area contributed by atoms with Crippen molar-refractivity contribution in [2.75, 3.05) is 26.2 Å². The summed E-state index contributed by atoms with van der Waals surface area (Å²) in [4.78, 5) is 43.4. The number of nitrogens with one attached hydrogen (secondary N) is 1. The van der Waals surface area contributed by atoms with Gasteiger partial charge in [-0.1, -0.05) is 0 Å². The first kappa shape index (κ1) is 17.0. The van der Waals surface area contributed by atoms with Crippen LogP contribution in [0.3, 0.4) is 0 Å². The number of aromatic nitrogens is 1. The number of rotatable bonds is 2. The van der Waals surface area contributed by atoms with E-state index in [1.54, 1.807) is 41.8 Å². The van der Waals surface area contributed by atoms with E-state index < -0.39 is 0 Å². The lowest BCUT2D eigenvalue weighted by molar-refractivity contribution is 0.0699. The Morgan fingerprint density at radius 3 is 2.36 bits per heavy atom. The highest BCUT2D eigenvalue weighted by Crippen LogP contribution is 2.13.